The summed E-state index contributed by atoms with van der Waals surface area (Å²) >= 11 is 5.22. The van der Waals surface area contributed by atoms with Crippen LogP contribution in [0, 0.1) is 0 Å². The van der Waals surface area contributed by atoms with Crippen molar-refractivity contribution in [2.24, 2.45) is 5.14 Å². The third kappa shape index (κ3) is 5.20. The molecule has 0 amide bonds. The van der Waals surface area contributed by atoms with E-state index in [1.165, 1.54) is 12.1 Å². The van der Waals surface area contributed by atoms with E-state index < -0.39 is 10.0 Å². The van der Waals surface area contributed by atoms with Gasteiger partial charge >= 0.3 is 0 Å². The first kappa shape index (κ1) is 17.2. The second-order valence-electron chi connectivity index (χ2n) is 4.73. The number of sulfonamides is 1. The number of benzene rings is 2. The number of methoxy groups -OCH3 is 1. The average molecular weight is 351 g/mol. The van der Waals surface area contributed by atoms with Gasteiger partial charge in [-0.05, 0) is 42.0 Å². The normalized spacial score (nSPS) is 10.9. The minimum Gasteiger partial charge on any atom is -0.497 e. The van der Waals surface area contributed by atoms with Crippen molar-refractivity contribution in [2.75, 3.05) is 12.4 Å². The quantitative estimate of drug-likeness (QED) is 0.712. The molecule has 8 heteroatoms. The fourth-order valence-electron chi connectivity index (χ4n) is 1.86. The lowest BCUT2D eigenvalue weighted by Gasteiger charge is -2.11. The second kappa shape index (κ2) is 7.40. The zero-order valence-corrected chi connectivity index (χ0v) is 14.1. The fraction of sp³-hybridized carbons (Fsp3) is 0.133. The van der Waals surface area contributed by atoms with Crippen LogP contribution in [0.5, 0.6) is 5.75 Å². The average Bonchev–Trinajstić information content (AvgIpc) is 2.52. The molecule has 2 aromatic carbocycles. The fourth-order valence-corrected chi connectivity index (χ4v) is 2.56. The summed E-state index contributed by atoms with van der Waals surface area (Å²) in [5.74, 6) is 0.733. The summed E-state index contributed by atoms with van der Waals surface area (Å²) in [5, 5.41) is 11.6. The Bertz CT molecular complexity index is 790. The molecule has 0 radical (unpaired) electrons. The highest BCUT2D eigenvalue weighted by Gasteiger charge is 2.06. The summed E-state index contributed by atoms with van der Waals surface area (Å²) in [5.41, 5.74) is 1.69. The summed E-state index contributed by atoms with van der Waals surface area (Å²) < 4.78 is 27.5. The topological polar surface area (TPSA) is 93.4 Å². The lowest BCUT2D eigenvalue weighted by molar-refractivity contribution is 0.415. The molecule has 2 rings (SSSR count). The van der Waals surface area contributed by atoms with Crippen molar-refractivity contribution in [3.8, 4) is 5.75 Å². The highest BCUT2D eigenvalue weighted by molar-refractivity contribution is 7.89. The van der Waals surface area contributed by atoms with Crippen molar-refractivity contribution in [3.63, 3.8) is 0 Å². The van der Waals surface area contributed by atoms with Crippen molar-refractivity contribution in [2.45, 2.75) is 11.4 Å². The van der Waals surface area contributed by atoms with E-state index in [-0.39, 0.29) is 4.90 Å². The van der Waals surface area contributed by atoms with Crippen LogP contribution in [0.25, 0.3) is 0 Å². The minimum atomic E-state index is -3.67. The molecule has 6 nitrogen and oxygen atoms in total. The second-order valence-corrected chi connectivity index (χ2v) is 6.70. The minimum absolute atomic E-state index is 0.0818. The van der Waals surface area contributed by atoms with Gasteiger partial charge < -0.3 is 15.4 Å². The molecule has 4 N–H and O–H groups in total. The Morgan fingerprint density at radius 1 is 1.22 bits per heavy atom. The maximum atomic E-state index is 11.2. The van der Waals surface area contributed by atoms with Crippen LogP contribution in [0.4, 0.5) is 5.69 Å². The van der Waals surface area contributed by atoms with Crippen molar-refractivity contribution >= 4 is 33.0 Å². The third-order valence-electron chi connectivity index (χ3n) is 3.03. The lowest BCUT2D eigenvalue weighted by Crippen LogP contribution is -2.27. The van der Waals surface area contributed by atoms with Crippen molar-refractivity contribution in [1.82, 2.24) is 5.32 Å². The van der Waals surface area contributed by atoms with Gasteiger partial charge in [0.05, 0.1) is 12.0 Å². The molecule has 0 aliphatic heterocycles. The maximum absolute atomic E-state index is 11.2. The van der Waals surface area contributed by atoms with Gasteiger partial charge in [0.1, 0.15) is 5.75 Å². The number of nitrogens with two attached hydrogens (primary N) is 1. The number of nitrogens with one attached hydrogen (secondary N) is 2. The van der Waals surface area contributed by atoms with Crippen LogP contribution < -0.4 is 20.5 Å². The number of primary sulfonamides is 1. The van der Waals surface area contributed by atoms with Crippen molar-refractivity contribution in [1.29, 1.82) is 0 Å². The monoisotopic (exact) mass is 351 g/mol. The number of thiocarbonyl (C=S) groups is 1. The van der Waals surface area contributed by atoms with E-state index in [0.29, 0.717) is 11.7 Å². The molecule has 0 saturated carbocycles. The van der Waals surface area contributed by atoms with E-state index in [0.717, 1.165) is 17.0 Å². The van der Waals surface area contributed by atoms with Crippen molar-refractivity contribution in [3.05, 3.63) is 54.1 Å². The zero-order valence-electron chi connectivity index (χ0n) is 12.4. The Labute approximate surface area is 140 Å². The molecule has 0 heterocycles. The Kier molecular flexibility index (Phi) is 5.54. The first-order chi connectivity index (χ1) is 10.9. The van der Waals surface area contributed by atoms with Gasteiger partial charge in [0, 0.05) is 18.3 Å². The van der Waals surface area contributed by atoms with Gasteiger partial charge in [-0.1, -0.05) is 18.2 Å². The molecular weight excluding hydrogens is 334 g/mol. The molecule has 0 bridgehead atoms. The van der Waals surface area contributed by atoms with Crippen LogP contribution in [0.2, 0.25) is 0 Å². The number of rotatable bonds is 5. The summed E-state index contributed by atoms with van der Waals surface area (Å²) in [6.45, 7) is 0.459. The molecule has 0 unspecified atom stereocenters. The van der Waals surface area contributed by atoms with Crippen LogP contribution in [-0.4, -0.2) is 20.6 Å². The first-order valence-electron chi connectivity index (χ1n) is 6.69. The van der Waals surface area contributed by atoms with E-state index in [2.05, 4.69) is 10.6 Å². The predicted molar refractivity (Wildman–Crippen MR) is 93.9 cm³/mol. The SMILES string of the molecule is COc1cccc(NC(=S)NCc2ccc(S(N)(=O)=O)cc2)c1. The molecule has 0 spiro atoms. The maximum Gasteiger partial charge on any atom is 0.238 e. The molecule has 0 atom stereocenters. The number of hydrogen-bond donors (Lipinski definition) is 3. The van der Waals surface area contributed by atoms with Crippen LogP contribution in [0.1, 0.15) is 5.56 Å². The Hall–Kier alpha value is -2.16. The molecule has 0 aliphatic rings. The van der Waals surface area contributed by atoms with Crippen LogP contribution in [0.3, 0.4) is 0 Å². The number of ether oxygens (including phenoxy) is 1. The molecule has 23 heavy (non-hydrogen) atoms. The van der Waals surface area contributed by atoms with Gasteiger partial charge in [-0.15, -0.1) is 0 Å². The zero-order chi connectivity index (χ0) is 16.9. The molecule has 0 aliphatic carbocycles. The molecule has 0 saturated heterocycles. The number of anilines is 1. The summed E-state index contributed by atoms with van der Waals surface area (Å²) in [4.78, 5) is 0.0818. The van der Waals surface area contributed by atoms with Gasteiger partial charge in [0.15, 0.2) is 5.11 Å². The standard InChI is InChI=1S/C15H17N3O3S2/c1-21-13-4-2-3-12(9-13)18-15(22)17-10-11-5-7-14(8-6-11)23(16,19)20/h2-9H,10H2,1H3,(H2,16,19,20)(H2,17,18,22). The van der Waals surface area contributed by atoms with Gasteiger partial charge in [0.2, 0.25) is 10.0 Å². The van der Waals surface area contributed by atoms with Crippen LogP contribution in [-0.2, 0) is 16.6 Å². The smallest absolute Gasteiger partial charge is 0.238 e. The number of hydrogen-bond acceptors (Lipinski definition) is 4. The third-order valence-corrected chi connectivity index (χ3v) is 4.21. The molecule has 122 valence electrons. The van der Waals surface area contributed by atoms with Gasteiger partial charge in [0.25, 0.3) is 0 Å². The van der Waals surface area contributed by atoms with E-state index in [1.807, 2.05) is 24.3 Å². The van der Waals surface area contributed by atoms with E-state index in [1.54, 1.807) is 19.2 Å². The van der Waals surface area contributed by atoms with Crippen molar-refractivity contribution < 1.29 is 13.2 Å². The highest BCUT2D eigenvalue weighted by atomic mass is 32.2. The molecule has 0 aromatic heterocycles. The highest BCUT2D eigenvalue weighted by Crippen LogP contribution is 2.16. The van der Waals surface area contributed by atoms with Crippen LogP contribution >= 0.6 is 12.2 Å². The molecule has 0 fully saturated rings. The Morgan fingerprint density at radius 2 is 1.91 bits per heavy atom. The Morgan fingerprint density at radius 3 is 2.52 bits per heavy atom. The van der Waals surface area contributed by atoms with E-state index >= 15 is 0 Å². The Balaban J connectivity index is 1.91. The predicted octanol–water partition coefficient (Wildman–Crippen LogP) is 1.83. The summed E-state index contributed by atoms with van der Waals surface area (Å²) in [6.07, 6.45) is 0. The lowest BCUT2D eigenvalue weighted by atomic mass is 10.2. The van der Waals surface area contributed by atoms with E-state index in [9.17, 15) is 8.42 Å². The summed E-state index contributed by atoms with van der Waals surface area (Å²) in [6, 6.07) is 13.7. The molecular formula is C15H17N3O3S2. The van der Waals surface area contributed by atoms with Gasteiger partial charge in [-0.2, -0.15) is 0 Å². The van der Waals surface area contributed by atoms with Gasteiger partial charge in [-0.25, -0.2) is 13.6 Å². The first-order valence-corrected chi connectivity index (χ1v) is 8.64. The van der Waals surface area contributed by atoms with Crippen LogP contribution in [0.15, 0.2) is 53.4 Å². The largest absolute Gasteiger partial charge is 0.497 e. The summed E-state index contributed by atoms with van der Waals surface area (Å²) in [7, 11) is -2.07. The van der Waals surface area contributed by atoms with E-state index in [4.69, 9.17) is 22.1 Å². The van der Waals surface area contributed by atoms with Gasteiger partial charge in [-0.3, -0.25) is 0 Å². The molecule has 2 aromatic rings.